The smallest absolute Gasteiger partial charge is 0.233 e. The molecule has 22 heavy (non-hydrogen) atoms. The summed E-state index contributed by atoms with van der Waals surface area (Å²) < 4.78 is 9.55. The highest BCUT2D eigenvalue weighted by Crippen LogP contribution is 2.34. The van der Waals surface area contributed by atoms with Crippen LogP contribution in [0, 0.1) is 5.92 Å². The van der Waals surface area contributed by atoms with Crippen molar-refractivity contribution in [3.8, 4) is 0 Å². The number of amides is 1. The lowest BCUT2D eigenvalue weighted by molar-refractivity contribution is -0.121. The molecule has 1 fully saturated rings. The van der Waals surface area contributed by atoms with E-state index >= 15 is 0 Å². The van der Waals surface area contributed by atoms with Crippen molar-refractivity contribution in [1.29, 1.82) is 0 Å². The van der Waals surface area contributed by atoms with Crippen LogP contribution in [0.15, 0.2) is 18.7 Å². The third-order valence-corrected chi connectivity index (χ3v) is 3.96. The Labute approximate surface area is 128 Å². The molecular weight excluding hydrogens is 284 g/mol. The molecule has 0 aromatic carbocycles. The van der Waals surface area contributed by atoms with Gasteiger partial charge in [0.1, 0.15) is 18.3 Å². The van der Waals surface area contributed by atoms with Gasteiger partial charge in [-0.2, -0.15) is 0 Å². The van der Waals surface area contributed by atoms with Crippen molar-refractivity contribution < 1.29 is 9.53 Å². The molecule has 118 valence electrons. The van der Waals surface area contributed by atoms with Gasteiger partial charge in [-0.25, -0.2) is 4.98 Å². The highest BCUT2D eigenvalue weighted by atomic mass is 16.5. The van der Waals surface area contributed by atoms with E-state index in [0.717, 1.165) is 12.4 Å². The van der Waals surface area contributed by atoms with Gasteiger partial charge in [0.15, 0.2) is 0 Å². The van der Waals surface area contributed by atoms with Gasteiger partial charge in [0.25, 0.3) is 0 Å². The summed E-state index contributed by atoms with van der Waals surface area (Å²) in [5, 5.41) is 10.6. The number of nitrogens with one attached hydrogen (secondary N) is 1. The SMILES string of the molecule is CCn1cnnc1NC(=O)[C@@H]1CCO[C@H]1c1nccn1CC. The highest BCUT2D eigenvalue weighted by molar-refractivity contribution is 5.91. The first-order valence-electron chi connectivity index (χ1n) is 7.55. The van der Waals surface area contributed by atoms with Crippen molar-refractivity contribution >= 4 is 11.9 Å². The lowest BCUT2D eigenvalue weighted by Gasteiger charge is -2.18. The van der Waals surface area contributed by atoms with E-state index in [2.05, 4.69) is 20.5 Å². The maximum absolute atomic E-state index is 12.6. The van der Waals surface area contributed by atoms with Crippen LogP contribution < -0.4 is 5.32 Å². The van der Waals surface area contributed by atoms with Crippen LogP contribution >= 0.6 is 0 Å². The summed E-state index contributed by atoms with van der Waals surface area (Å²) in [5.41, 5.74) is 0. The maximum Gasteiger partial charge on any atom is 0.233 e. The number of ether oxygens (including phenoxy) is 1. The molecule has 3 rings (SSSR count). The number of hydrogen-bond acceptors (Lipinski definition) is 5. The number of imidazole rings is 1. The molecule has 2 atom stereocenters. The fourth-order valence-electron chi connectivity index (χ4n) is 2.74. The topological polar surface area (TPSA) is 86.9 Å². The zero-order valence-corrected chi connectivity index (χ0v) is 12.8. The van der Waals surface area contributed by atoms with Crippen molar-refractivity contribution in [3.05, 3.63) is 24.5 Å². The lowest BCUT2D eigenvalue weighted by Crippen LogP contribution is -2.28. The van der Waals surface area contributed by atoms with Crippen molar-refractivity contribution in [2.24, 2.45) is 5.92 Å². The molecule has 1 aliphatic heterocycles. The highest BCUT2D eigenvalue weighted by Gasteiger charge is 2.38. The van der Waals surface area contributed by atoms with E-state index < -0.39 is 0 Å². The fraction of sp³-hybridized carbons (Fsp3) is 0.571. The zero-order chi connectivity index (χ0) is 15.5. The standard InChI is InChI=1S/C14H20N6O2/c1-3-19-7-6-15-12(19)11-10(5-8-22-11)13(21)17-14-18-16-9-20(14)4-2/h6-7,9-11H,3-5,8H2,1-2H3,(H,17,18,21)/t10-,11-/m1/s1. The number of anilines is 1. The van der Waals surface area contributed by atoms with Crippen LogP contribution in [0.4, 0.5) is 5.95 Å². The van der Waals surface area contributed by atoms with Gasteiger partial charge in [0.05, 0.1) is 5.92 Å². The predicted molar refractivity (Wildman–Crippen MR) is 79.0 cm³/mol. The van der Waals surface area contributed by atoms with Crippen LogP contribution in [0.25, 0.3) is 0 Å². The van der Waals surface area contributed by atoms with Crippen molar-refractivity contribution in [1.82, 2.24) is 24.3 Å². The van der Waals surface area contributed by atoms with Gasteiger partial charge < -0.3 is 13.9 Å². The van der Waals surface area contributed by atoms with Crippen LogP contribution in [0.5, 0.6) is 0 Å². The Bertz CT molecular complexity index is 649. The number of aryl methyl sites for hydroxylation is 2. The van der Waals surface area contributed by atoms with Gasteiger partial charge in [0.2, 0.25) is 11.9 Å². The summed E-state index contributed by atoms with van der Waals surface area (Å²) in [4.78, 5) is 16.9. The van der Waals surface area contributed by atoms with Gasteiger partial charge in [0, 0.05) is 32.1 Å². The molecule has 1 N–H and O–H groups in total. The number of carbonyl (C=O) groups excluding carboxylic acids is 1. The van der Waals surface area contributed by atoms with E-state index in [1.54, 1.807) is 17.1 Å². The molecule has 0 saturated carbocycles. The van der Waals surface area contributed by atoms with Crippen molar-refractivity contribution in [2.45, 2.75) is 39.5 Å². The molecule has 1 saturated heterocycles. The molecule has 3 heterocycles. The Morgan fingerprint density at radius 3 is 3.00 bits per heavy atom. The van der Waals surface area contributed by atoms with Crippen LogP contribution in [0.1, 0.15) is 32.2 Å². The molecule has 8 nitrogen and oxygen atoms in total. The second kappa shape index (κ2) is 6.27. The molecule has 0 radical (unpaired) electrons. The third-order valence-electron chi connectivity index (χ3n) is 3.96. The molecule has 2 aromatic rings. The van der Waals surface area contributed by atoms with Gasteiger partial charge in [-0.3, -0.25) is 10.1 Å². The summed E-state index contributed by atoms with van der Waals surface area (Å²) in [7, 11) is 0. The zero-order valence-electron chi connectivity index (χ0n) is 12.8. The Balaban J connectivity index is 1.77. The number of hydrogen-bond donors (Lipinski definition) is 1. The van der Waals surface area contributed by atoms with E-state index in [-0.39, 0.29) is 17.9 Å². The number of carbonyl (C=O) groups is 1. The average molecular weight is 304 g/mol. The molecule has 0 aliphatic carbocycles. The summed E-state index contributed by atoms with van der Waals surface area (Å²) in [6.45, 7) is 6.07. The summed E-state index contributed by atoms with van der Waals surface area (Å²) >= 11 is 0. The molecule has 1 amide bonds. The first-order chi connectivity index (χ1) is 10.7. The second-order valence-electron chi connectivity index (χ2n) is 5.19. The molecule has 2 aromatic heterocycles. The third kappa shape index (κ3) is 2.61. The van der Waals surface area contributed by atoms with Crippen molar-refractivity contribution in [2.75, 3.05) is 11.9 Å². The Morgan fingerprint density at radius 2 is 2.23 bits per heavy atom. The fourth-order valence-corrected chi connectivity index (χ4v) is 2.74. The minimum absolute atomic E-state index is 0.101. The summed E-state index contributed by atoms with van der Waals surface area (Å²) in [6.07, 6.45) is 5.60. The molecule has 8 heteroatoms. The number of rotatable bonds is 5. The number of aromatic nitrogens is 5. The molecule has 0 bridgehead atoms. The first-order valence-corrected chi connectivity index (χ1v) is 7.55. The first kappa shape index (κ1) is 14.7. The Kier molecular flexibility index (Phi) is 4.19. The van der Waals surface area contributed by atoms with E-state index in [4.69, 9.17) is 4.74 Å². The van der Waals surface area contributed by atoms with Gasteiger partial charge in [-0.15, -0.1) is 10.2 Å². The Morgan fingerprint density at radius 1 is 1.41 bits per heavy atom. The van der Waals surface area contributed by atoms with Crippen LogP contribution in [-0.2, 0) is 22.6 Å². The quantitative estimate of drug-likeness (QED) is 0.897. The number of nitrogens with zero attached hydrogens (tertiary/aromatic N) is 5. The largest absolute Gasteiger partial charge is 0.369 e. The minimum atomic E-state index is -0.312. The summed E-state index contributed by atoms with van der Waals surface area (Å²) in [5.74, 6) is 0.902. The van der Waals surface area contributed by atoms with E-state index in [9.17, 15) is 4.79 Å². The molecule has 0 spiro atoms. The van der Waals surface area contributed by atoms with Crippen LogP contribution in [0.3, 0.4) is 0 Å². The van der Waals surface area contributed by atoms with Crippen LogP contribution in [-0.4, -0.2) is 36.8 Å². The average Bonchev–Trinajstić information content (AvgIpc) is 3.25. The van der Waals surface area contributed by atoms with Gasteiger partial charge in [-0.1, -0.05) is 0 Å². The predicted octanol–water partition coefficient (Wildman–Crippen LogP) is 1.23. The minimum Gasteiger partial charge on any atom is -0.369 e. The molecular formula is C14H20N6O2. The van der Waals surface area contributed by atoms with Gasteiger partial charge >= 0.3 is 0 Å². The molecule has 0 unspecified atom stereocenters. The second-order valence-corrected chi connectivity index (χ2v) is 5.19. The normalized spacial score (nSPS) is 21.2. The Hall–Kier alpha value is -2.22. The van der Waals surface area contributed by atoms with Crippen molar-refractivity contribution in [3.63, 3.8) is 0 Å². The van der Waals surface area contributed by atoms with E-state index in [1.807, 2.05) is 24.6 Å². The molecule has 1 aliphatic rings. The van der Waals surface area contributed by atoms with E-state index in [1.165, 1.54) is 0 Å². The maximum atomic E-state index is 12.6. The van der Waals surface area contributed by atoms with E-state index in [0.29, 0.717) is 25.5 Å². The summed E-state index contributed by atoms with van der Waals surface area (Å²) in [6, 6.07) is 0. The van der Waals surface area contributed by atoms with Crippen LogP contribution in [0.2, 0.25) is 0 Å². The lowest BCUT2D eigenvalue weighted by atomic mass is 10.00. The van der Waals surface area contributed by atoms with Gasteiger partial charge in [-0.05, 0) is 20.3 Å². The monoisotopic (exact) mass is 304 g/mol.